The van der Waals surface area contributed by atoms with Crippen molar-refractivity contribution in [2.45, 2.75) is 63.5 Å². The number of nitrogens with zero attached hydrogens (tertiary/aromatic N) is 4. The fourth-order valence-electron chi connectivity index (χ4n) is 5.69. The maximum atomic E-state index is 14.4. The van der Waals surface area contributed by atoms with E-state index in [0.717, 1.165) is 44.7 Å². The van der Waals surface area contributed by atoms with E-state index >= 15 is 0 Å². The first kappa shape index (κ1) is 24.6. The third-order valence-electron chi connectivity index (χ3n) is 7.93. The van der Waals surface area contributed by atoms with Gasteiger partial charge in [-0.15, -0.1) is 0 Å². The molecule has 190 valence electrons. The van der Waals surface area contributed by atoms with Crippen LogP contribution in [0.2, 0.25) is 0 Å². The van der Waals surface area contributed by atoms with E-state index in [0.29, 0.717) is 23.3 Å². The molecule has 0 amide bonds. The Balaban J connectivity index is 1.34. The summed E-state index contributed by atoms with van der Waals surface area (Å²) in [5, 5.41) is 17.7. The number of ether oxygens (including phenoxy) is 1. The summed E-state index contributed by atoms with van der Waals surface area (Å²) in [5.74, 6) is 1.14. The lowest BCUT2D eigenvalue weighted by atomic mass is 9.89. The van der Waals surface area contributed by atoms with Crippen LogP contribution in [-0.4, -0.2) is 47.5 Å². The highest BCUT2D eigenvalue weighted by Gasteiger charge is 2.23. The third-order valence-corrected chi connectivity index (χ3v) is 7.93. The first-order valence-electron chi connectivity index (χ1n) is 13.3. The average molecular weight is 490 g/mol. The van der Waals surface area contributed by atoms with Crippen LogP contribution in [0.3, 0.4) is 0 Å². The normalized spacial score (nSPS) is 21.3. The molecule has 3 aliphatic rings. The minimum Gasteiger partial charge on any atom is -0.381 e. The van der Waals surface area contributed by atoms with Gasteiger partial charge >= 0.3 is 0 Å². The molecule has 1 unspecified atom stereocenters. The van der Waals surface area contributed by atoms with Crippen LogP contribution >= 0.6 is 0 Å². The number of nitriles is 1. The predicted molar refractivity (Wildman–Crippen MR) is 140 cm³/mol. The van der Waals surface area contributed by atoms with Crippen molar-refractivity contribution >= 4 is 5.82 Å². The van der Waals surface area contributed by atoms with Crippen molar-refractivity contribution in [1.82, 2.24) is 14.7 Å². The van der Waals surface area contributed by atoms with E-state index < -0.39 is 5.82 Å². The number of piperidine rings is 1. The summed E-state index contributed by atoms with van der Waals surface area (Å²) in [6.45, 7) is 2.96. The number of rotatable bonds is 7. The first-order valence-corrected chi connectivity index (χ1v) is 13.3. The highest BCUT2D eigenvalue weighted by atomic mass is 19.1. The van der Waals surface area contributed by atoms with Gasteiger partial charge < -0.3 is 15.0 Å². The molecule has 2 aliphatic carbocycles. The van der Waals surface area contributed by atoms with Gasteiger partial charge in [-0.1, -0.05) is 37.5 Å². The molecule has 1 N–H and O–H groups in total. The zero-order valence-corrected chi connectivity index (χ0v) is 21.1. The lowest BCUT2D eigenvalue weighted by Gasteiger charge is -2.35. The molecule has 2 fully saturated rings. The zero-order chi connectivity index (χ0) is 24.9. The first-order chi connectivity index (χ1) is 17.6. The second kappa shape index (κ2) is 11.3. The molecule has 2 heterocycles. The fraction of sp³-hybridized carbons (Fsp3) is 0.517. The number of halogens is 1. The van der Waals surface area contributed by atoms with Gasteiger partial charge in [0.25, 0.3) is 0 Å². The molecule has 1 aliphatic heterocycles. The minimum absolute atomic E-state index is 0.0521. The number of hydrogen-bond donors (Lipinski definition) is 1. The molecule has 1 saturated heterocycles. The van der Waals surface area contributed by atoms with E-state index in [1.54, 1.807) is 13.2 Å². The van der Waals surface area contributed by atoms with E-state index in [9.17, 15) is 4.39 Å². The molecule has 1 saturated carbocycles. The van der Waals surface area contributed by atoms with Gasteiger partial charge in [-0.3, -0.25) is 0 Å². The Hall–Kier alpha value is -3.11. The summed E-state index contributed by atoms with van der Waals surface area (Å²) >= 11 is 0. The van der Waals surface area contributed by atoms with Gasteiger partial charge in [0, 0.05) is 44.1 Å². The number of anilines is 1. The molecule has 1 atom stereocenters. The van der Waals surface area contributed by atoms with Gasteiger partial charge in [0.2, 0.25) is 0 Å². The number of likely N-dealkylation sites (tertiary alicyclic amines) is 1. The van der Waals surface area contributed by atoms with Crippen LogP contribution in [0.25, 0.3) is 11.3 Å². The highest BCUT2D eigenvalue weighted by molar-refractivity contribution is 5.64. The Morgan fingerprint density at radius 1 is 1.14 bits per heavy atom. The molecule has 2 aromatic rings. The van der Waals surface area contributed by atoms with Gasteiger partial charge in [-0.05, 0) is 56.2 Å². The van der Waals surface area contributed by atoms with Crippen molar-refractivity contribution in [2.75, 3.05) is 32.1 Å². The Labute approximate surface area is 213 Å². The molecule has 6 nitrogen and oxygen atoms in total. The van der Waals surface area contributed by atoms with Crippen molar-refractivity contribution < 1.29 is 9.13 Å². The highest BCUT2D eigenvalue weighted by Crippen LogP contribution is 2.32. The van der Waals surface area contributed by atoms with Crippen LogP contribution in [0, 0.1) is 23.1 Å². The van der Waals surface area contributed by atoms with Gasteiger partial charge in [0.15, 0.2) is 0 Å². The van der Waals surface area contributed by atoms with Crippen LogP contribution < -0.4 is 5.32 Å². The van der Waals surface area contributed by atoms with Crippen LogP contribution in [-0.2, 0) is 4.74 Å². The number of aromatic nitrogens is 2. The smallest absolute Gasteiger partial charge is 0.141 e. The van der Waals surface area contributed by atoms with Gasteiger partial charge in [0.05, 0.1) is 23.4 Å². The Kier molecular flexibility index (Phi) is 7.72. The third kappa shape index (κ3) is 5.49. The Morgan fingerprint density at radius 2 is 1.94 bits per heavy atom. The monoisotopic (exact) mass is 489 g/mol. The molecule has 1 aromatic heterocycles. The summed E-state index contributed by atoms with van der Waals surface area (Å²) in [4.78, 5) is 2.44. The van der Waals surface area contributed by atoms with Crippen molar-refractivity contribution in [1.29, 1.82) is 5.26 Å². The molecule has 5 rings (SSSR count). The second-order valence-corrected chi connectivity index (χ2v) is 10.3. The summed E-state index contributed by atoms with van der Waals surface area (Å²) in [5.41, 5.74) is 2.73. The molecular formula is C29H36FN5O. The summed E-state index contributed by atoms with van der Waals surface area (Å²) < 4.78 is 21.9. The largest absolute Gasteiger partial charge is 0.381 e. The van der Waals surface area contributed by atoms with Crippen LogP contribution in [0.4, 0.5) is 10.2 Å². The van der Waals surface area contributed by atoms with E-state index in [1.807, 2.05) is 12.1 Å². The lowest BCUT2D eigenvalue weighted by molar-refractivity contribution is 0.0510. The fourth-order valence-corrected chi connectivity index (χ4v) is 5.69. The number of benzene rings is 1. The van der Waals surface area contributed by atoms with Gasteiger partial charge in [-0.25, -0.2) is 9.07 Å². The topological polar surface area (TPSA) is 66.1 Å². The zero-order valence-electron chi connectivity index (χ0n) is 21.1. The van der Waals surface area contributed by atoms with E-state index in [4.69, 9.17) is 15.1 Å². The number of allylic oxidation sites excluding steroid dienone is 3. The maximum absolute atomic E-state index is 14.4. The quantitative estimate of drug-likeness (QED) is 0.513. The van der Waals surface area contributed by atoms with Crippen LogP contribution in [0.1, 0.15) is 63.0 Å². The van der Waals surface area contributed by atoms with E-state index in [2.05, 4.69) is 33.1 Å². The average Bonchev–Trinajstić information content (AvgIpc) is 3.37. The molecular weight excluding hydrogens is 453 g/mol. The maximum Gasteiger partial charge on any atom is 0.141 e. The number of nitrogens with one attached hydrogen (secondary N) is 1. The minimum atomic E-state index is -0.511. The summed E-state index contributed by atoms with van der Waals surface area (Å²) in [6.07, 6.45) is 16.6. The second-order valence-electron chi connectivity index (χ2n) is 10.3. The Bertz CT molecular complexity index is 1150. The summed E-state index contributed by atoms with van der Waals surface area (Å²) in [7, 11) is 1.80. The molecule has 1 aromatic carbocycles. The van der Waals surface area contributed by atoms with Crippen LogP contribution in [0.5, 0.6) is 0 Å². The SMILES string of the molecule is COC1CCN(C2=CCC(n3nc(-c4ccc(C#N)c(F)c4)cc3NCC3CCCCC3)C=C2)CC1. The molecule has 0 spiro atoms. The molecule has 0 bridgehead atoms. The predicted octanol–water partition coefficient (Wildman–Crippen LogP) is 6.05. The molecule has 36 heavy (non-hydrogen) atoms. The molecule has 7 heteroatoms. The van der Waals surface area contributed by atoms with E-state index in [1.165, 1.54) is 49.9 Å². The van der Waals surface area contributed by atoms with Crippen LogP contribution in [0.15, 0.2) is 48.2 Å². The standard InChI is InChI=1S/C29H36FN5O/c1-36-26-13-15-34(16-14-26)24-9-11-25(12-10-24)35-29(32-20-21-5-3-2-4-6-21)18-28(33-35)22-7-8-23(19-31)27(30)17-22/h7-11,17-18,21,25-26,32H,2-6,12-16,20H2,1H3. The van der Waals surface area contributed by atoms with Gasteiger partial charge in [0.1, 0.15) is 17.7 Å². The lowest BCUT2D eigenvalue weighted by Crippen LogP contribution is -2.36. The van der Waals surface area contributed by atoms with E-state index in [-0.39, 0.29) is 11.6 Å². The number of methoxy groups -OCH3 is 1. The molecule has 0 radical (unpaired) electrons. The van der Waals surface area contributed by atoms with Crippen molar-refractivity contribution in [2.24, 2.45) is 5.92 Å². The Morgan fingerprint density at radius 3 is 2.61 bits per heavy atom. The van der Waals surface area contributed by atoms with Crippen molar-refractivity contribution in [3.63, 3.8) is 0 Å². The van der Waals surface area contributed by atoms with Crippen molar-refractivity contribution in [3.8, 4) is 17.3 Å². The van der Waals surface area contributed by atoms with Crippen molar-refractivity contribution in [3.05, 3.63) is 59.6 Å². The summed E-state index contributed by atoms with van der Waals surface area (Å²) in [6, 6.07) is 8.73. The van der Waals surface area contributed by atoms with Gasteiger partial charge in [-0.2, -0.15) is 10.4 Å². The number of hydrogen-bond acceptors (Lipinski definition) is 5.